The van der Waals surface area contributed by atoms with Crippen molar-refractivity contribution in [2.24, 2.45) is 14.1 Å². The molecule has 0 aliphatic carbocycles. The van der Waals surface area contributed by atoms with Crippen molar-refractivity contribution in [2.45, 2.75) is 19.5 Å². The Hall–Kier alpha value is -2.87. The van der Waals surface area contributed by atoms with Crippen LogP contribution in [-0.2, 0) is 25.4 Å². The fourth-order valence-corrected chi connectivity index (χ4v) is 2.93. The number of nitrogens with one attached hydrogen (secondary N) is 1. The molecule has 0 spiro atoms. The Morgan fingerprint density at radius 3 is 2.54 bits per heavy atom. The van der Waals surface area contributed by atoms with Crippen molar-refractivity contribution < 1.29 is 4.79 Å². The average molecular weight is 376 g/mol. The van der Waals surface area contributed by atoms with Gasteiger partial charge in [-0.3, -0.25) is 14.2 Å². The van der Waals surface area contributed by atoms with Gasteiger partial charge in [-0.25, -0.2) is 14.3 Å². The van der Waals surface area contributed by atoms with Crippen molar-refractivity contribution >= 4 is 28.7 Å². The van der Waals surface area contributed by atoms with Gasteiger partial charge in [-0.05, 0) is 24.6 Å². The molecule has 2 aromatic heterocycles. The van der Waals surface area contributed by atoms with E-state index in [2.05, 4.69) is 10.3 Å². The van der Waals surface area contributed by atoms with E-state index in [0.29, 0.717) is 5.02 Å². The Morgan fingerprint density at radius 2 is 1.88 bits per heavy atom. The first-order valence-electron chi connectivity index (χ1n) is 7.95. The maximum atomic E-state index is 12.6. The number of amides is 1. The van der Waals surface area contributed by atoms with Gasteiger partial charge in [0.2, 0.25) is 5.91 Å². The summed E-state index contributed by atoms with van der Waals surface area (Å²) in [6.07, 6.45) is 1.46. The molecule has 1 N–H and O–H groups in total. The summed E-state index contributed by atoms with van der Waals surface area (Å²) in [6.45, 7) is 1.44. The summed E-state index contributed by atoms with van der Waals surface area (Å²) in [5, 5.41) is 3.39. The minimum atomic E-state index is -0.588. The lowest BCUT2D eigenvalue weighted by Gasteiger charge is -2.15. The monoisotopic (exact) mass is 375 g/mol. The van der Waals surface area contributed by atoms with E-state index in [1.807, 2.05) is 6.92 Å². The highest BCUT2D eigenvalue weighted by atomic mass is 35.5. The molecule has 0 aliphatic heterocycles. The number of hydrogen-bond acceptors (Lipinski definition) is 4. The van der Waals surface area contributed by atoms with Crippen LogP contribution in [-0.4, -0.2) is 24.6 Å². The normalized spacial score (nSPS) is 12.3. The highest BCUT2D eigenvalue weighted by Crippen LogP contribution is 2.15. The van der Waals surface area contributed by atoms with Crippen LogP contribution in [0.25, 0.3) is 11.2 Å². The lowest BCUT2D eigenvalue weighted by molar-refractivity contribution is -0.122. The van der Waals surface area contributed by atoms with Crippen LogP contribution in [0.4, 0.5) is 0 Å². The van der Waals surface area contributed by atoms with E-state index in [-0.39, 0.29) is 23.8 Å². The maximum Gasteiger partial charge on any atom is 0.332 e. The number of aryl methyl sites for hydroxylation is 2. The van der Waals surface area contributed by atoms with Gasteiger partial charge in [-0.1, -0.05) is 23.7 Å². The number of aromatic nitrogens is 4. The molecule has 0 saturated carbocycles. The summed E-state index contributed by atoms with van der Waals surface area (Å²) < 4.78 is 3.70. The van der Waals surface area contributed by atoms with Crippen molar-refractivity contribution in [1.29, 1.82) is 0 Å². The molecule has 0 fully saturated rings. The molecule has 3 rings (SSSR count). The van der Waals surface area contributed by atoms with Crippen LogP contribution in [0.3, 0.4) is 0 Å². The number of halogens is 1. The third-order valence-corrected chi connectivity index (χ3v) is 4.50. The van der Waals surface area contributed by atoms with E-state index >= 15 is 0 Å². The molecule has 9 heteroatoms. The Kier molecular flexibility index (Phi) is 4.69. The summed E-state index contributed by atoms with van der Waals surface area (Å²) in [4.78, 5) is 41.5. The molecule has 0 saturated heterocycles. The third-order valence-electron chi connectivity index (χ3n) is 4.25. The zero-order chi connectivity index (χ0) is 19.0. The zero-order valence-corrected chi connectivity index (χ0v) is 15.3. The van der Waals surface area contributed by atoms with Gasteiger partial charge in [0.05, 0.1) is 12.4 Å². The van der Waals surface area contributed by atoms with Crippen LogP contribution in [0, 0.1) is 0 Å². The van der Waals surface area contributed by atoms with E-state index in [9.17, 15) is 14.4 Å². The van der Waals surface area contributed by atoms with Crippen LogP contribution in [0.1, 0.15) is 18.5 Å². The van der Waals surface area contributed by atoms with E-state index < -0.39 is 17.2 Å². The number of benzene rings is 1. The first-order valence-corrected chi connectivity index (χ1v) is 8.33. The molecule has 1 aromatic carbocycles. The molecule has 26 heavy (non-hydrogen) atoms. The molecule has 136 valence electrons. The molecule has 0 radical (unpaired) electrons. The summed E-state index contributed by atoms with van der Waals surface area (Å²) in [5.41, 5.74) is 0.289. The Labute approximate surface area is 153 Å². The van der Waals surface area contributed by atoms with Gasteiger partial charge < -0.3 is 9.88 Å². The van der Waals surface area contributed by atoms with Gasteiger partial charge in [0.1, 0.15) is 6.54 Å². The van der Waals surface area contributed by atoms with Gasteiger partial charge in [0.25, 0.3) is 5.56 Å². The van der Waals surface area contributed by atoms with Crippen LogP contribution in [0.2, 0.25) is 5.02 Å². The predicted octanol–water partition coefficient (Wildman–Crippen LogP) is 0.964. The fraction of sp³-hybridized carbons (Fsp3) is 0.294. The van der Waals surface area contributed by atoms with Gasteiger partial charge in [0.15, 0.2) is 11.2 Å². The highest BCUT2D eigenvalue weighted by molar-refractivity contribution is 6.30. The van der Waals surface area contributed by atoms with Crippen molar-refractivity contribution in [3.63, 3.8) is 0 Å². The van der Waals surface area contributed by atoms with E-state index in [1.165, 1.54) is 22.5 Å². The van der Waals surface area contributed by atoms with Crippen LogP contribution in [0.15, 0.2) is 40.2 Å². The summed E-state index contributed by atoms with van der Waals surface area (Å²) in [7, 11) is 3.18. The quantitative estimate of drug-likeness (QED) is 0.735. The van der Waals surface area contributed by atoms with Crippen LogP contribution < -0.4 is 16.6 Å². The molecule has 1 amide bonds. The van der Waals surface area contributed by atoms with Crippen molar-refractivity contribution in [3.05, 3.63) is 62.0 Å². The summed E-state index contributed by atoms with van der Waals surface area (Å²) in [6, 6.07) is 6.78. The van der Waals surface area contributed by atoms with E-state index in [4.69, 9.17) is 11.6 Å². The largest absolute Gasteiger partial charge is 0.348 e. The van der Waals surface area contributed by atoms with Crippen LogP contribution in [0.5, 0.6) is 0 Å². The topological polar surface area (TPSA) is 90.9 Å². The first-order chi connectivity index (χ1) is 12.3. The molecule has 2 heterocycles. The Balaban J connectivity index is 1.88. The third kappa shape index (κ3) is 3.15. The number of nitrogens with zero attached hydrogens (tertiary/aromatic N) is 4. The first kappa shape index (κ1) is 17.9. The van der Waals surface area contributed by atoms with Crippen molar-refractivity contribution in [2.75, 3.05) is 0 Å². The van der Waals surface area contributed by atoms with Gasteiger partial charge in [0, 0.05) is 19.1 Å². The second kappa shape index (κ2) is 6.80. The Bertz CT molecular complexity index is 1090. The summed E-state index contributed by atoms with van der Waals surface area (Å²) >= 11 is 5.86. The van der Waals surface area contributed by atoms with Gasteiger partial charge in [-0.2, -0.15) is 0 Å². The number of hydrogen-bond donors (Lipinski definition) is 1. The number of carbonyl (C=O) groups is 1. The van der Waals surface area contributed by atoms with Crippen molar-refractivity contribution in [3.8, 4) is 0 Å². The highest BCUT2D eigenvalue weighted by Gasteiger charge is 2.18. The molecule has 1 atom stereocenters. The fourth-order valence-electron chi connectivity index (χ4n) is 2.80. The maximum absolute atomic E-state index is 12.6. The zero-order valence-electron chi connectivity index (χ0n) is 14.6. The standard InChI is InChI=1S/C17H18ClN5O3/c1-10(11-4-6-12(18)7-5-11)20-13(24)8-23-16(25)14-15(19-9-21(14)2)22(3)17(23)26/h4-7,9-10H,8H2,1-3H3,(H,20,24)/t10-/m0/s1. The van der Waals surface area contributed by atoms with E-state index in [0.717, 1.165) is 10.1 Å². The predicted molar refractivity (Wildman–Crippen MR) is 98.2 cm³/mol. The summed E-state index contributed by atoms with van der Waals surface area (Å²) in [5.74, 6) is -0.437. The number of carbonyl (C=O) groups excluding carboxylic acids is 1. The molecule has 3 aromatic rings. The lowest BCUT2D eigenvalue weighted by Crippen LogP contribution is -2.43. The van der Waals surface area contributed by atoms with Crippen LogP contribution >= 0.6 is 11.6 Å². The number of rotatable bonds is 4. The second-order valence-electron chi connectivity index (χ2n) is 6.10. The lowest BCUT2D eigenvalue weighted by atomic mass is 10.1. The van der Waals surface area contributed by atoms with Crippen molar-refractivity contribution in [1.82, 2.24) is 24.0 Å². The molecular formula is C17H18ClN5O3. The molecule has 0 unspecified atom stereocenters. The number of imidazole rings is 1. The van der Waals surface area contributed by atoms with Gasteiger partial charge >= 0.3 is 5.69 Å². The van der Waals surface area contributed by atoms with E-state index in [1.54, 1.807) is 31.3 Å². The van der Waals surface area contributed by atoms with Gasteiger partial charge in [-0.15, -0.1) is 0 Å². The minimum Gasteiger partial charge on any atom is -0.348 e. The minimum absolute atomic E-state index is 0.269. The molecule has 0 aliphatic rings. The SMILES string of the molecule is C[C@H](NC(=O)Cn1c(=O)c2c(ncn2C)n(C)c1=O)c1ccc(Cl)cc1. The Morgan fingerprint density at radius 1 is 1.23 bits per heavy atom. The molecule has 8 nitrogen and oxygen atoms in total. The molecular weight excluding hydrogens is 358 g/mol. The second-order valence-corrected chi connectivity index (χ2v) is 6.54. The molecule has 0 bridgehead atoms. The smallest absolute Gasteiger partial charge is 0.332 e. The number of fused-ring (bicyclic) bond motifs is 1. The average Bonchev–Trinajstić information content (AvgIpc) is 2.99.